The van der Waals surface area contributed by atoms with Gasteiger partial charge in [-0.15, -0.1) is 45.8 Å². The van der Waals surface area contributed by atoms with Gasteiger partial charge < -0.3 is 9.47 Å². The van der Waals surface area contributed by atoms with Crippen molar-refractivity contribution in [3.05, 3.63) is 55.4 Å². The summed E-state index contributed by atoms with van der Waals surface area (Å²) in [5, 5.41) is 0. The number of hydrogen-bond donors (Lipinski definition) is 0. The Labute approximate surface area is 500 Å². The van der Waals surface area contributed by atoms with E-state index in [9.17, 15) is 0 Å². The van der Waals surface area contributed by atoms with Gasteiger partial charge in [-0.25, -0.2) is 8.78 Å². The number of thioether (sulfide) groups is 1. The zero-order chi connectivity index (χ0) is 55.3. The second kappa shape index (κ2) is 27.4. The van der Waals surface area contributed by atoms with Crippen LogP contribution in [-0.4, -0.2) is 12.9 Å². The van der Waals surface area contributed by atoms with E-state index in [1.54, 1.807) is 45.8 Å². The molecule has 0 radical (unpaired) electrons. The summed E-state index contributed by atoms with van der Waals surface area (Å²) in [5.74, 6) is 5.18. The van der Waals surface area contributed by atoms with E-state index in [4.69, 9.17) is 18.2 Å². The monoisotopic (exact) mass is 1270 g/mol. The van der Waals surface area contributed by atoms with Gasteiger partial charge in [0.15, 0.2) is 11.6 Å². The number of thiophene rings is 3. The number of allylic oxidation sites excluding steroid dienone is 1. The van der Waals surface area contributed by atoms with Crippen molar-refractivity contribution in [3.63, 3.8) is 0 Å². The lowest BCUT2D eigenvalue weighted by Gasteiger charge is -2.40. The van der Waals surface area contributed by atoms with Gasteiger partial charge in [-0.2, -0.15) is 8.75 Å². The molecule has 13 heteroatoms. The van der Waals surface area contributed by atoms with Crippen LogP contribution < -0.4 is 4.74 Å². The summed E-state index contributed by atoms with van der Waals surface area (Å²) < 4.78 is 61.5. The molecule has 5 unspecified atom stereocenters. The van der Waals surface area contributed by atoms with Crippen LogP contribution >= 0.6 is 89.4 Å². The van der Waals surface area contributed by atoms with Crippen LogP contribution in [0.15, 0.2) is 27.7 Å². The molecule has 0 saturated carbocycles. The largest absolute Gasteiger partial charge is 0.486 e. The first-order chi connectivity index (χ1) is 36.7. The minimum Gasteiger partial charge on any atom is -0.486 e. The molecule has 5 atom stereocenters. The number of fused-ring (bicyclic) bond motifs is 6. The molecule has 1 aromatic carbocycles. The molecule has 3 aliphatic heterocycles. The lowest BCUT2D eigenvalue weighted by molar-refractivity contribution is -0.0315. The van der Waals surface area contributed by atoms with Gasteiger partial charge in [0.05, 0.1) is 50.3 Å². The van der Waals surface area contributed by atoms with Crippen molar-refractivity contribution in [2.45, 2.75) is 233 Å². The molecule has 77 heavy (non-hydrogen) atoms. The van der Waals surface area contributed by atoms with Crippen molar-refractivity contribution in [2.24, 2.45) is 47.3 Å². The molecule has 0 fully saturated rings. The highest BCUT2D eigenvalue weighted by atomic mass is 79.9. The summed E-state index contributed by atoms with van der Waals surface area (Å²) in [7, 11) is 0. The van der Waals surface area contributed by atoms with Crippen LogP contribution in [0.3, 0.4) is 0 Å². The molecule has 4 nitrogen and oxygen atoms in total. The Morgan fingerprint density at radius 1 is 0.532 bits per heavy atom. The van der Waals surface area contributed by atoms with Gasteiger partial charge >= 0.3 is 0 Å². The standard InChI is InChI=1S/C64H90Br2F2N2O2S5/c1-37(2)17-13-21-41(9)25-29-63(30-26-42(10)22-14-18-38(3)4)45-33-49(73-59(45)61-47(71-63)35-51(65)75-61)53-55(67)56(68)54(58-57(53)69-77-70-58)50-34-46-60(74-50)62-48(36-52(66)76-62)72-64(46,31-27-43(11)23-15-19-39(5)6)32-28-44(12)24-16-20-40(7)8/h33-35,37-44,52H,13-32,36H2,1-12H3. The maximum atomic E-state index is 17.9. The molecule has 0 N–H and O–H groups in total. The Morgan fingerprint density at radius 2 is 0.935 bits per heavy atom. The van der Waals surface area contributed by atoms with Crippen LogP contribution in [0.25, 0.3) is 46.6 Å². The number of nitrogens with zero attached hydrogens (tertiary/aromatic N) is 2. The van der Waals surface area contributed by atoms with Gasteiger partial charge in [-0.1, -0.05) is 176 Å². The molecule has 0 saturated heterocycles. The van der Waals surface area contributed by atoms with E-state index < -0.39 is 22.8 Å². The fourth-order valence-corrected chi connectivity index (χ4v) is 19.1. The zero-order valence-corrected chi connectivity index (χ0v) is 55.8. The molecule has 0 amide bonds. The number of aromatic nitrogens is 2. The van der Waals surface area contributed by atoms with E-state index in [-0.39, 0.29) is 15.3 Å². The quantitative estimate of drug-likeness (QED) is 0.0429. The average molecular weight is 1280 g/mol. The Morgan fingerprint density at radius 3 is 1.36 bits per heavy atom. The summed E-state index contributed by atoms with van der Waals surface area (Å²) in [6.07, 6.45) is 23.1. The number of alkyl halides is 1. The molecule has 7 heterocycles. The second-order valence-electron chi connectivity index (χ2n) is 25.8. The highest BCUT2D eigenvalue weighted by molar-refractivity contribution is 9.11. The molecule has 426 valence electrons. The van der Waals surface area contributed by atoms with Gasteiger partial charge in [-0.05, 0) is 127 Å². The van der Waals surface area contributed by atoms with E-state index in [1.165, 1.54) is 77.0 Å². The van der Waals surface area contributed by atoms with E-state index in [2.05, 4.69) is 133 Å². The number of ether oxygens (including phenoxy) is 2. The summed E-state index contributed by atoms with van der Waals surface area (Å²) in [5.41, 5.74) is 2.36. The summed E-state index contributed by atoms with van der Waals surface area (Å²) in [6.45, 7) is 28.1. The third kappa shape index (κ3) is 14.9. The lowest BCUT2D eigenvalue weighted by atomic mass is 9.78. The molecule has 0 spiro atoms. The van der Waals surface area contributed by atoms with Crippen LogP contribution in [-0.2, 0) is 15.9 Å². The molecule has 5 aromatic rings. The second-order valence-corrected chi connectivity index (χ2v) is 33.8. The normalized spacial score (nSPS) is 20.8. The molecular formula is C64H90Br2F2N2O2S5. The first-order valence-corrected chi connectivity index (χ1v) is 35.6. The maximum Gasteiger partial charge on any atom is 0.170 e. The smallest absolute Gasteiger partial charge is 0.170 e. The highest BCUT2D eigenvalue weighted by Gasteiger charge is 2.48. The Hall–Kier alpha value is -1.35. The first-order valence-electron chi connectivity index (χ1n) is 29.8. The summed E-state index contributed by atoms with van der Waals surface area (Å²) in [6, 6.07) is 6.46. The molecule has 4 aromatic heterocycles. The van der Waals surface area contributed by atoms with Crippen molar-refractivity contribution in [1.82, 2.24) is 8.75 Å². The topological polar surface area (TPSA) is 44.2 Å². The number of hydrogen-bond acceptors (Lipinski definition) is 9. The average Bonchev–Trinajstić information content (AvgIpc) is 4.25. The fourth-order valence-electron chi connectivity index (χ4n) is 12.3. The van der Waals surface area contributed by atoms with E-state index in [0.29, 0.717) is 68.1 Å². The lowest BCUT2D eigenvalue weighted by Crippen LogP contribution is -2.36. The van der Waals surface area contributed by atoms with E-state index in [1.807, 2.05) is 0 Å². The summed E-state index contributed by atoms with van der Waals surface area (Å²) in [4.78, 5) is 5.82. The molecule has 0 bridgehead atoms. The van der Waals surface area contributed by atoms with Gasteiger partial charge in [0, 0.05) is 33.4 Å². The summed E-state index contributed by atoms with van der Waals surface area (Å²) >= 11 is 15.4. The SMILES string of the molecule is CC(C)CCCC(C)CCC1(CCC(C)CCCC(C)C)OC2=C(SC(Br)C2)c2sc(-c3c(F)c(F)c(-c4cc5c(s4)-c4sc(Br)cc4OC5(CCC(C)CCCC(C)C)CCC(C)CCCC(C)C)c4nsnc34)cc21. The third-order valence-corrected chi connectivity index (χ3v) is 23.9. The fraction of sp³-hybridized carbons (Fsp3) is 0.688. The minimum absolute atomic E-state index is 0.192. The zero-order valence-electron chi connectivity index (χ0n) is 48.5. The van der Waals surface area contributed by atoms with Crippen LogP contribution in [0.1, 0.15) is 234 Å². The third-order valence-electron chi connectivity index (χ3n) is 17.2. The van der Waals surface area contributed by atoms with Gasteiger partial charge in [0.2, 0.25) is 0 Å². The van der Waals surface area contributed by atoms with Gasteiger partial charge in [-0.3, -0.25) is 0 Å². The molecule has 0 aliphatic carbocycles. The van der Waals surface area contributed by atoms with E-state index >= 15 is 8.78 Å². The Kier molecular flexibility index (Phi) is 21.9. The maximum absolute atomic E-state index is 17.9. The van der Waals surface area contributed by atoms with Gasteiger partial charge in [0.25, 0.3) is 0 Å². The highest BCUT2D eigenvalue weighted by Crippen LogP contribution is 2.62. The van der Waals surface area contributed by atoms with Crippen LogP contribution in [0.2, 0.25) is 0 Å². The minimum atomic E-state index is -0.856. The molecule has 3 aliphatic rings. The number of benzene rings is 1. The van der Waals surface area contributed by atoms with E-state index in [0.717, 1.165) is 115 Å². The van der Waals surface area contributed by atoms with Crippen LogP contribution in [0.4, 0.5) is 8.78 Å². The Balaban J connectivity index is 1.20. The molecular weight excluding hydrogens is 1190 g/mol. The van der Waals surface area contributed by atoms with Crippen molar-refractivity contribution in [2.75, 3.05) is 0 Å². The van der Waals surface area contributed by atoms with Crippen molar-refractivity contribution < 1.29 is 18.3 Å². The van der Waals surface area contributed by atoms with Crippen molar-refractivity contribution >= 4 is 105 Å². The van der Waals surface area contributed by atoms with Crippen LogP contribution in [0.5, 0.6) is 5.75 Å². The van der Waals surface area contributed by atoms with Crippen molar-refractivity contribution in [1.29, 1.82) is 0 Å². The predicted octanol–water partition coefficient (Wildman–Crippen LogP) is 24.2. The van der Waals surface area contributed by atoms with Gasteiger partial charge in [0.1, 0.15) is 33.7 Å². The van der Waals surface area contributed by atoms with Crippen LogP contribution in [0, 0.1) is 59.0 Å². The predicted molar refractivity (Wildman–Crippen MR) is 340 cm³/mol. The van der Waals surface area contributed by atoms with Crippen molar-refractivity contribution in [3.8, 4) is 36.4 Å². The first kappa shape index (κ1) is 61.7. The number of rotatable bonds is 30. The number of halogens is 4. The molecule has 8 rings (SSSR count). The Bertz CT molecular complexity index is 2720.